The summed E-state index contributed by atoms with van der Waals surface area (Å²) < 4.78 is 0. The van der Waals surface area contributed by atoms with Gasteiger partial charge in [0.1, 0.15) is 12.1 Å². The first-order valence-corrected chi connectivity index (χ1v) is 6.90. The standard InChI is InChI=1S/C17H18N4/c1-10-6-11(2)16(12(3)7-10)21-17-14-5-4-13(18)8-15(14)19-9-20-17/h4-9H,18H2,1-3H3,(H,19,20,21). The van der Waals surface area contributed by atoms with Crippen LogP contribution in [0.2, 0.25) is 0 Å². The molecule has 1 heterocycles. The van der Waals surface area contributed by atoms with Crippen LogP contribution >= 0.6 is 0 Å². The van der Waals surface area contributed by atoms with E-state index in [0.717, 1.165) is 22.4 Å². The number of fused-ring (bicyclic) bond motifs is 1. The summed E-state index contributed by atoms with van der Waals surface area (Å²) >= 11 is 0. The Morgan fingerprint density at radius 1 is 0.952 bits per heavy atom. The van der Waals surface area contributed by atoms with E-state index in [9.17, 15) is 0 Å². The van der Waals surface area contributed by atoms with E-state index in [1.54, 1.807) is 6.33 Å². The van der Waals surface area contributed by atoms with Gasteiger partial charge < -0.3 is 11.1 Å². The van der Waals surface area contributed by atoms with Gasteiger partial charge in [-0.3, -0.25) is 0 Å². The van der Waals surface area contributed by atoms with E-state index < -0.39 is 0 Å². The Bertz CT molecular complexity index is 801. The van der Waals surface area contributed by atoms with Gasteiger partial charge in [-0.1, -0.05) is 17.7 Å². The Kier molecular flexibility index (Phi) is 3.22. The highest BCUT2D eigenvalue weighted by Crippen LogP contribution is 2.28. The van der Waals surface area contributed by atoms with Crippen molar-refractivity contribution in [3.8, 4) is 0 Å². The quantitative estimate of drug-likeness (QED) is 0.698. The predicted octanol–water partition coefficient (Wildman–Crippen LogP) is 3.88. The number of nitrogens with one attached hydrogen (secondary N) is 1. The fourth-order valence-corrected chi connectivity index (χ4v) is 2.67. The Hall–Kier alpha value is -2.62. The van der Waals surface area contributed by atoms with Crippen molar-refractivity contribution in [1.29, 1.82) is 0 Å². The minimum absolute atomic E-state index is 0.704. The van der Waals surface area contributed by atoms with Crippen molar-refractivity contribution in [3.63, 3.8) is 0 Å². The maximum atomic E-state index is 5.81. The number of nitrogens with zero attached hydrogens (tertiary/aromatic N) is 2. The van der Waals surface area contributed by atoms with Gasteiger partial charge in [0.25, 0.3) is 0 Å². The van der Waals surface area contributed by atoms with Crippen LogP contribution in [0.3, 0.4) is 0 Å². The van der Waals surface area contributed by atoms with E-state index in [1.807, 2.05) is 18.2 Å². The fourth-order valence-electron chi connectivity index (χ4n) is 2.67. The smallest absolute Gasteiger partial charge is 0.141 e. The third kappa shape index (κ3) is 2.52. The van der Waals surface area contributed by atoms with Crippen LogP contribution < -0.4 is 11.1 Å². The zero-order valence-electron chi connectivity index (χ0n) is 12.4. The van der Waals surface area contributed by atoms with Crippen LogP contribution in [0.25, 0.3) is 10.9 Å². The number of aromatic nitrogens is 2. The normalized spacial score (nSPS) is 10.8. The summed E-state index contributed by atoms with van der Waals surface area (Å²) in [5.41, 5.74) is 12.1. The van der Waals surface area contributed by atoms with Gasteiger partial charge in [0.2, 0.25) is 0 Å². The van der Waals surface area contributed by atoms with Gasteiger partial charge in [-0.25, -0.2) is 9.97 Å². The molecule has 0 aliphatic heterocycles. The summed E-state index contributed by atoms with van der Waals surface area (Å²) in [6, 6.07) is 10.0. The molecule has 3 N–H and O–H groups in total. The first-order valence-electron chi connectivity index (χ1n) is 6.90. The number of aryl methyl sites for hydroxylation is 3. The molecule has 3 aromatic rings. The van der Waals surface area contributed by atoms with Gasteiger partial charge in [0.05, 0.1) is 5.52 Å². The second-order valence-electron chi connectivity index (χ2n) is 5.40. The zero-order chi connectivity index (χ0) is 15.0. The maximum Gasteiger partial charge on any atom is 0.141 e. The van der Waals surface area contributed by atoms with E-state index in [-0.39, 0.29) is 0 Å². The second kappa shape index (κ2) is 5.05. The average Bonchev–Trinajstić information content (AvgIpc) is 2.42. The summed E-state index contributed by atoms with van der Waals surface area (Å²) in [5, 5.41) is 4.40. The maximum absolute atomic E-state index is 5.81. The van der Waals surface area contributed by atoms with Crippen molar-refractivity contribution in [2.45, 2.75) is 20.8 Å². The number of nitrogen functional groups attached to an aromatic ring is 1. The molecule has 0 aliphatic rings. The van der Waals surface area contributed by atoms with Crippen molar-refractivity contribution < 1.29 is 0 Å². The molecule has 4 nitrogen and oxygen atoms in total. The largest absolute Gasteiger partial charge is 0.399 e. The minimum atomic E-state index is 0.704. The van der Waals surface area contributed by atoms with E-state index in [4.69, 9.17) is 5.73 Å². The van der Waals surface area contributed by atoms with Gasteiger partial charge >= 0.3 is 0 Å². The summed E-state index contributed by atoms with van der Waals surface area (Å²) in [5.74, 6) is 0.801. The molecule has 4 heteroatoms. The number of rotatable bonds is 2. The lowest BCUT2D eigenvalue weighted by atomic mass is 10.0. The molecule has 0 unspecified atom stereocenters. The van der Waals surface area contributed by atoms with Crippen LogP contribution in [-0.4, -0.2) is 9.97 Å². The van der Waals surface area contributed by atoms with E-state index in [2.05, 4.69) is 48.2 Å². The van der Waals surface area contributed by atoms with Crippen molar-refractivity contribution in [2.24, 2.45) is 0 Å². The lowest BCUT2D eigenvalue weighted by Crippen LogP contribution is -2.00. The molecule has 0 saturated carbocycles. The van der Waals surface area contributed by atoms with Crippen LogP contribution in [0.5, 0.6) is 0 Å². The number of benzene rings is 2. The minimum Gasteiger partial charge on any atom is -0.399 e. The molecule has 21 heavy (non-hydrogen) atoms. The van der Waals surface area contributed by atoms with Gasteiger partial charge in [-0.15, -0.1) is 0 Å². The molecule has 3 rings (SSSR count). The molecule has 0 aliphatic carbocycles. The first kappa shape index (κ1) is 13.4. The molecular formula is C17H18N4. The Balaban J connectivity index is 2.11. The van der Waals surface area contributed by atoms with E-state index in [1.165, 1.54) is 16.7 Å². The number of anilines is 3. The summed E-state index contributed by atoms with van der Waals surface area (Å²) in [6.07, 6.45) is 1.56. The highest BCUT2D eigenvalue weighted by Gasteiger charge is 2.08. The number of hydrogen-bond donors (Lipinski definition) is 2. The topological polar surface area (TPSA) is 63.8 Å². The third-order valence-electron chi connectivity index (χ3n) is 3.58. The Morgan fingerprint density at radius 2 is 1.67 bits per heavy atom. The van der Waals surface area contributed by atoms with Gasteiger partial charge in [-0.05, 0) is 50.1 Å². The molecule has 2 aromatic carbocycles. The van der Waals surface area contributed by atoms with E-state index in [0.29, 0.717) is 5.69 Å². The molecule has 0 radical (unpaired) electrons. The first-order chi connectivity index (χ1) is 10.0. The summed E-state index contributed by atoms with van der Waals surface area (Å²) in [7, 11) is 0. The predicted molar refractivity (Wildman–Crippen MR) is 87.9 cm³/mol. The van der Waals surface area contributed by atoms with Crippen LogP contribution in [-0.2, 0) is 0 Å². The van der Waals surface area contributed by atoms with Crippen LogP contribution in [0.15, 0.2) is 36.7 Å². The van der Waals surface area contributed by atoms with E-state index >= 15 is 0 Å². The second-order valence-corrected chi connectivity index (χ2v) is 5.40. The summed E-state index contributed by atoms with van der Waals surface area (Å²) in [4.78, 5) is 8.65. The highest BCUT2D eigenvalue weighted by atomic mass is 15.0. The monoisotopic (exact) mass is 278 g/mol. The van der Waals surface area contributed by atoms with Crippen molar-refractivity contribution in [2.75, 3.05) is 11.1 Å². The van der Waals surface area contributed by atoms with Crippen molar-refractivity contribution >= 4 is 28.1 Å². The lowest BCUT2D eigenvalue weighted by Gasteiger charge is -2.14. The van der Waals surface area contributed by atoms with Gasteiger partial charge in [0, 0.05) is 16.8 Å². The number of nitrogens with two attached hydrogens (primary N) is 1. The zero-order valence-corrected chi connectivity index (χ0v) is 12.4. The molecule has 0 atom stereocenters. The van der Waals surface area contributed by atoms with Crippen molar-refractivity contribution in [3.05, 3.63) is 53.3 Å². The molecule has 0 amide bonds. The lowest BCUT2D eigenvalue weighted by molar-refractivity contribution is 1.21. The van der Waals surface area contributed by atoms with Crippen molar-refractivity contribution in [1.82, 2.24) is 9.97 Å². The van der Waals surface area contributed by atoms with Crippen LogP contribution in [0.1, 0.15) is 16.7 Å². The average molecular weight is 278 g/mol. The summed E-state index contributed by atoms with van der Waals surface area (Å²) in [6.45, 7) is 6.31. The molecule has 106 valence electrons. The molecule has 1 aromatic heterocycles. The Labute approximate surface area is 124 Å². The number of hydrogen-bond acceptors (Lipinski definition) is 4. The van der Waals surface area contributed by atoms with Gasteiger partial charge in [0.15, 0.2) is 0 Å². The molecule has 0 saturated heterocycles. The fraction of sp³-hybridized carbons (Fsp3) is 0.176. The molecule has 0 spiro atoms. The Morgan fingerprint density at radius 3 is 2.38 bits per heavy atom. The SMILES string of the molecule is Cc1cc(C)c(Nc2ncnc3cc(N)ccc23)c(C)c1. The third-order valence-corrected chi connectivity index (χ3v) is 3.58. The van der Waals surface area contributed by atoms with Crippen LogP contribution in [0.4, 0.5) is 17.2 Å². The van der Waals surface area contributed by atoms with Gasteiger partial charge in [-0.2, -0.15) is 0 Å². The van der Waals surface area contributed by atoms with Crippen LogP contribution in [0, 0.1) is 20.8 Å². The molecule has 0 fully saturated rings. The molecular weight excluding hydrogens is 260 g/mol. The molecule has 0 bridgehead atoms. The highest BCUT2D eigenvalue weighted by molar-refractivity contribution is 5.92.